The van der Waals surface area contributed by atoms with E-state index in [0.29, 0.717) is 51.4 Å². The first-order valence-electron chi connectivity index (χ1n) is 12.7. The molecule has 0 unspecified atom stereocenters. The highest BCUT2D eigenvalue weighted by molar-refractivity contribution is 7.93. The van der Waals surface area contributed by atoms with E-state index in [1.54, 1.807) is 18.2 Å². The Morgan fingerprint density at radius 2 is 1.35 bits per heavy atom. The molecule has 43 heavy (non-hydrogen) atoms. The zero-order valence-electron chi connectivity index (χ0n) is 24.9. The lowest BCUT2D eigenvalue weighted by atomic mass is 10.1. The van der Waals surface area contributed by atoms with Crippen molar-refractivity contribution in [2.24, 2.45) is 0 Å². The largest absolute Gasteiger partial charge is 0.496 e. The first-order chi connectivity index (χ1) is 20.6. The van der Waals surface area contributed by atoms with Gasteiger partial charge in [-0.25, -0.2) is 13.4 Å². The number of methoxy groups -OCH3 is 7. The molecule has 0 amide bonds. The fourth-order valence-corrected chi connectivity index (χ4v) is 4.99. The maximum atomic E-state index is 13.0. The topological polar surface area (TPSA) is 141 Å². The average Bonchev–Trinajstić information content (AvgIpc) is 3.02. The van der Waals surface area contributed by atoms with Crippen molar-refractivity contribution in [1.29, 1.82) is 0 Å². The summed E-state index contributed by atoms with van der Waals surface area (Å²) < 4.78 is 63.2. The van der Waals surface area contributed by atoms with Gasteiger partial charge in [0.2, 0.25) is 5.75 Å². The van der Waals surface area contributed by atoms with Gasteiger partial charge in [-0.2, -0.15) is 0 Å². The van der Waals surface area contributed by atoms with Crippen LogP contribution in [0.3, 0.4) is 0 Å². The molecule has 3 rings (SSSR count). The minimum absolute atomic E-state index is 0.214. The number of ketones is 1. The fraction of sp³-hybridized carbons (Fsp3) is 0.267. The number of nitrogens with zero attached hydrogens (tertiary/aromatic N) is 1. The lowest BCUT2D eigenvalue weighted by Gasteiger charge is -2.13. The van der Waals surface area contributed by atoms with Gasteiger partial charge in [-0.3, -0.25) is 4.79 Å². The van der Waals surface area contributed by atoms with Crippen LogP contribution in [0.25, 0.3) is 6.08 Å². The maximum Gasteiger partial charge on any atom is 0.203 e. The summed E-state index contributed by atoms with van der Waals surface area (Å²) in [5.74, 6) is 2.08. The van der Waals surface area contributed by atoms with Gasteiger partial charge in [-0.15, -0.1) is 0 Å². The summed E-state index contributed by atoms with van der Waals surface area (Å²) in [6.45, 7) is 0. The summed E-state index contributed by atoms with van der Waals surface area (Å²) >= 11 is 0. The molecule has 0 saturated carbocycles. The van der Waals surface area contributed by atoms with Crippen LogP contribution < -0.4 is 38.5 Å². The number of allylic oxidation sites excluding steroid dienone is 1. The maximum absolute atomic E-state index is 13.0. The third kappa shape index (κ3) is 8.10. The molecule has 0 radical (unpaired) electrons. The summed E-state index contributed by atoms with van der Waals surface area (Å²) in [5, 5.41) is 3.95. The molecular weight excluding hydrogens is 580 g/mol. The van der Waals surface area contributed by atoms with Crippen LogP contribution in [-0.4, -0.2) is 69.0 Å². The third-order valence-corrected chi connectivity index (χ3v) is 7.33. The lowest BCUT2D eigenvalue weighted by molar-refractivity contribution is 0.104. The van der Waals surface area contributed by atoms with Crippen LogP contribution in [-0.2, 0) is 15.6 Å². The van der Waals surface area contributed by atoms with Crippen molar-refractivity contribution in [3.63, 3.8) is 0 Å². The first-order valence-corrected chi connectivity index (χ1v) is 14.4. The Labute approximate surface area is 250 Å². The second-order valence-corrected chi connectivity index (χ2v) is 10.6. The predicted molar refractivity (Wildman–Crippen MR) is 162 cm³/mol. The Hall–Kier alpha value is -4.91. The highest BCUT2D eigenvalue weighted by atomic mass is 32.2. The monoisotopic (exact) mass is 614 g/mol. The summed E-state index contributed by atoms with van der Waals surface area (Å²) in [4.78, 5) is 17.2. The molecule has 230 valence electrons. The number of hydrogen-bond donors (Lipinski definition) is 1. The Kier molecular flexibility index (Phi) is 11.2. The quantitative estimate of drug-likeness (QED) is 0.190. The second kappa shape index (κ2) is 14.8. The number of benzene rings is 2. The van der Waals surface area contributed by atoms with E-state index in [4.69, 9.17) is 33.2 Å². The molecule has 0 aliphatic rings. The molecule has 0 aliphatic heterocycles. The number of pyridine rings is 1. The molecule has 0 bridgehead atoms. The highest BCUT2D eigenvalue weighted by Gasteiger charge is 2.17. The van der Waals surface area contributed by atoms with E-state index >= 15 is 0 Å². The number of nitrogens with one attached hydrogen (secondary N) is 1. The van der Waals surface area contributed by atoms with Crippen molar-refractivity contribution in [3.8, 4) is 40.2 Å². The van der Waals surface area contributed by atoms with Crippen LogP contribution in [0.1, 0.15) is 21.6 Å². The molecule has 0 aliphatic carbocycles. The van der Waals surface area contributed by atoms with E-state index in [1.807, 2.05) is 0 Å². The van der Waals surface area contributed by atoms with E-state index in [2.05, 4.69) is 10.3 Å². The Bertz CT molecular complexity index is 1570. The van der Waals surface area contributed by atoms with Crippen LogP contribution in [0.15, 0.2) is 54.1 Å². The van der Waals surface area contributed by atoms with Gasteiger partial charge in [0.15, 0.2) is 38.7 Å². The normalized spacial score (nSPS) is 11.3. The van der Waals surface area contributed by atoms with Crippen LogP contribution in [0.5, 0.6) is 40.2 Å². The summed E-state index contributed by atoms with van der Waals surface area (Å²) in [5.41, 5.74) is 0.969. The van der Waals surface area contributed by atoms with Gasteiger partial charge in [0.05, 0.1) is 66.8 Å². The van der Waals surface area contributed by atoms with Gasteiger partial charge < -0.3 is 38.5 Å². The number of sulfone groups is 1. The summed E-state index contributed by atoms with van der Waals surface area (Å²) in [6.07, 6.45) is 4.05. The van der Waals surface area contributed by atoms with Crippen molar-refractivity contribution in [2.75, 3.05) is 55.1 Å². The molecule has 1 aromatic heterocycles. The molecule has 3 aromatic rings. The van der Waals surface area contributed by atoms with Crippen molar-refractivity contribution in [2.45, 2.75) is 5.75 Å². The van der Waals surface area contributed by atoms with Crippen molar-refractivity contribution < 1.29 is 46.4 Å². The molecular formula is C30H34N2O10S. The van der Waals surface area contributed by atoms with Crippen LogP contribution in [0.2, 0.25) is 0 Å². The van der Waals surface area contributed by atoms with E-state index in [1.165, 1.54) is 86.3 Å². The van der Waals surface area contributed by atoms with E-state index < -0.39 is 15.6 Å². The number of aromatic nitrogens is 1. The molecule has 2 aromatic carbocycles. The Balaban J connectivity index is 1.81. The van der Waals surface area contributed by atoms with Crippen LogP contribution in [0, 0.1) is 0 Å². The molecule has 0 saturated heterocycles. The van der Waals surface area contributed by atoms with E-state index in [0.717, 1.165) is 5.41 Å². The van der Waals surface area contributed by atoms with E-state index in [9.17, 15) is 13.2 Å². The van der Waals surface area contributed by atoms with Gasteiger partial charge in [0.25, 0.3) is 0 Å². The minimum Gasteiger partial charge on any atom is -0.496 e. The van der Waals surface area contributed by atoms with Crippen molar-refractivity contribution >= 4 is 27.5 Å². The van der Waals surface area contributed by atoms with Gasteiger partial charge in [-0.05, 0) is 30.3 Å². The summed E-state index contributed by atoms with van der Waals surface area (Å²) in [6, 6.07) is 9.42. The van der Waals surface area contributed by atoms with Crippen LogP contribution in [0.4, 0.5) is 5.82 Å². The van der Waals surface area contributed by atoms with E-state index in [-0.39, 0.29) is 17.3 Å². The minimum atomic E-state index is -3.78. The zero-order chi connectivity index (χ0) is 31.6. The van der Waals surface area contributed by atoms with Crippen molar-refractivity contribution in [3.05, 3.63) is 70.9 Å². The molecule has 1 N–H and O–H groups in total. The Morgan fingerprint density at radius 1 is 0.767 bits per heavy atom. The predicted octanol–water partition coefficient (Wildman–Crippen LogP) is 4.54. The molecule has 13 heteroatoms. The molecule has 0 fully saturated rings. The van der Waals surface area contributed by atoms with Gasteiger partial charge in [-0.1, -0.05) is 0 Å². The highest BCUT2D eigenvalue weighted by Crippen LogP contribution is 2.38. The Morgan fingerprint density at radius 3 is 1.86 bits per heavy atom. The van der Waals surface area contributed by atoms with Gasteiger partial charge in [0, 0.05) is 35.4 Å². The molecule has 0 spiro atoms. The smallest absolute Gasteiger partial charge is 0.203 e. The standard InChI is InChI=1S/C30H34N2O10S/c1-36-21-16-25(38-3)22(26(17-21)39-4)11-13-43(34,35)18-20-8-9-24(37-2)30(32-20)31-12-10-23(33)19-14-27(40-5)29(42-7)28(15-19)41-6/h8-17H,18H2,1-7H3,(H,31,32). The number of carbonyl (C=O) groups is 1. The second-order valence-electron chi connectivity index (χ2n) is 8.66. The summed E-state index contributed by atoms with van der Waals surface area (Å²) in [7, 11) is 6.47. The van der Waals surface area contributed by atoms with Crippen LogP contribution >= 0.6 is 0 Å². The first kappa shape index (κ1) is 32.6. The lowest BCUT2D eigenvalue weighted by Crippen LogP contribution is -2.05. The number of rotatable bonds is 15. The number of hydrogen-bond acceptors (Lipinski definition) is 12. The molecule has 12 nitrogen and oxygen atoms in total. The number of carbonyl (C=O) groups excluding carboxylic acids is 1. The third-order valence-electron chi connectivity index (χ3n) is 6.08. The number of anilines is 1. The SMILES string of the molecule is COc1cc(OC)c(C=CS(=O)(=O)Cc2ccc(OC)c(NC=CC(=O)c3cc(OC)c(OC)c(OC)c3)n2)c(OC)c1. The van der Waals surface area contributed by atoms with Crippen molar-refractivity contribution in [1.82, 2.24) is 4.98 Å². The fourth-order valence-electron chi connectivity index (χ4n) is 3.97. The molecule has 0 atom stereocenters. The number of ether oxygens (including phenoxy) is 7. The molecule has 1 heterocycles. The van der Waals surface area contributed by atoms with Gasteiger partial charge in [0.1, 0.15) is 17.2 Å². The van der Waals surface area contributed by atoms with Gasteiger partial charge >= 0.3 is 0 Å². The zero-order valence-corrected chi connectivity index (χ0v) is 25.7. The average molecular weight is 615 g/mol.